The first kappa shape index (κ1) is 14.4. The molecule has 2 rings (SSSR count). The molecule has 0 amide bonds. The van der Waals surface area contributed by atoms with Crippen LogP contribution in [-0.2, 0) is 13.0 Å². The highest BCUT2D eigenvalue weighted by atomic mass is 35.5. The average molecular weight is 280 g/mol. The lowest BCUT2D eigenvalue weighted by Gasteiger charge is -2.11. The van der Waals surface area contributed by atoms with E-state index in [1.54, 1.807) is 0 Å². The van der Waals surface area contributed by atoms with E-state index >= 15 is 0 Å². The molecule has 2 aromatic rings. The van der Waals surface area contributed by atoms with Gasteiger partial charge in [0.25, 0.3) is 0 Å². The second-order valence-electron chi connectivity index (χ2n) is 5.12. The Morgan fingerprint density at radius 2 is 2.00 bits per heavy atom. The summed E-state index contributed by atoms with van der Waals surface area (Å²) in [5.41, 5.74) is 2.31. The summed E-state index contributed by atoms with van der Waals surface area (Å²) in [7, 11) is 4.23. The van der Waals surface area contributed by atoms with Gasteiger partial charge in [0.15, 0.2) is 0 Å². The fourth-order valence-electron chi connectivity index (χ4n) is 2.35. The van der Waals surface area contributed by atoms with Crippen LogP contribution in [0.25, 0.3) is 11.0 Å². The Labute approximate surface area is 120 Å². The number of hydrogen-bond donors (Lipinski definition) is 0. The predicted molar refractivity (Wildman–Crippen MR) is 81.9 cm³/mol. The molecule has 1 heterocycles. The van der Waals surface area contributed by atoms with Crippen molar-refractivity contribution in [1.29, 1.82) is 0 Å². The third-order valence-electron chi connectivity index (χ3n) is 3.29. The highest BCUT2D eigenvalue weighted by molar-refractivity contribution is 6.17. The maximum atomic E-state index is 5.88. The first-order valence-corrected chi connectivity index (χ1v) is 7.40. The maximum absolute atomic E-state index is 5.88. The van der Waals surface area contributed by atoms with Crippen molar-refractivity contribution < 1.29 is 0 Å². The fraction of sp³-hybridized carbons (Fsp3) is 0.533. The van der Waals surface area contributed by atoms with Crippen molar-refractivity contribution in [1.82, 2.24) is 14.5 Å². The molecule has 19 heavy (non-hydrogen) atoms. The van der Waals surface area contributed by atoms with E-state index in [1.807, 2.05) is 6.07 Å². The van der Waals surface area contributed by atoms with Gasteiger partial charge in [-0.15, -0.1) is 11.6 Å². The number of rotatable bonds is 7. The van der Waals surface area contributed by atoms with Crippen LogP contribution >= 0.6 is 11.6 Å². The summed E-state index contributed by atoms with van der Waals surface area (Å²) in [4.78, 5) is 6.91. The smallest absolute Gasteiger partial charge is 0.111 e. The van der Waals surface area contributed by atoms with Crippen LogP contribution in [-0.4, -0.2) is 41.0 Å². The number of unbranched alkanes of at least 4 members (excludes halogenated alkanes) is 1. The van der Waals surface area contributed by atoms with Gasteiger partial charge >= 0.3 is 0 Å². The van der Waals surface area contributed by atoms with Crippen LogP contribution in [0, 0.1) is 0 Å². The molecule has 0 saturated heterocycles. The van der Waals surface area contributed by atoms with E-state index in [0.717, 1.165) is 30.9 Å². The van der Waals surface area contributed by atoms with Crippen LogP contribution in [0.1, 0.15) is 18.7 Å². The van der Waals surface area contributed by atoms with Gasteiger partial charge in [-0.3, -0.25) is 0 Å². The van der Waals surface area contributed by atoms with Gasteiger partial charge in [-0.1, -0.05) is 12.1 Å². The SMILES string of the molecule is CN(C)CCCCn1c(CCCl)nc2ccccc21. The summed E-state index contributed by atoms with van der Waals surface area (Å²) in [6.07, 6.45) is 3.22. The number of benzene rings is 1. The molecule has 0 aliphatic rings. The molecule has 1 aromatic carbocycles. The van der Waals surface area contributed by atoms with Gasteiger partial charge in [-0.05, 0) is 45.6 Å². The molecule has 0 N–H and O–H groups in total. The highest BCUT2D eigenvalue weighted by Crippen LogP contribution is 2.17. The molecule has 0 atom stereocenters. The topological polar surface area (TPSA) is 21.1 Å². The number of imidazole rings is 1. The Hall–Kier alpha value is -1.06. The first-order chi connectivity index (χ1) is 9.22. The first-order valence-electron chi connectivity index (χ1n) is 6.87. The minimum Gasteiger partial charge on any atom is -0.328 e. The van der Waals surface area contributed by atoms with E-state index in [4.69, 9.17) is 11.6 Å². The van der Waals surface area contributed by atoms with Crippen molar-refractivity contribution in [3.8, 4) is 0 Å². The van der Waals surface area contributed by atoms with E-state index < -0.39 is 0 Å². The van der Waals surface area contributed by atoms with Gasteiger partial charge in [-0.25, -0.2) is 4.98 Å². The lowest BCUT2D eigenvalue weighted by Crippen LogP contribution is -2.14. The summed E-state index contributed by atoms with van der Waals surface area (Å²) < 4.78 is 2.33. The lowest BCUT2D eigenvalue weighted by atomic mass is 10.2. The molecule has 0 fully saturated rings. The molecule has 4 heteroatoms. The van der Waals surface area contributed by atoms with Gasteiger partial charge in [-0.2, -0.15) is 0 Å². The summed E-state index contributed by atoms with van der Waals surface area (Å²) in [5, 5.41) is 0. The molecule has 0 radical (unpaired) electrons. The van der Waals surface area contributed by atoms with Crippen LogP contribution < -0.4 is 0 Å². The molecule has 104 valence electrons. The second kappa shape index (κ2) is 6.92. The van der Waals surface area contributed by atoms with Crippen LogP contribution in [0.15, 0.2) is 24.3 Å². The van der Waals surface area contributed by atoms with E-state index in [9.17, 15) is 0 Å². The number of aromatic nitrogens is 2. The Bertz CT molecular complexity index is 519. The van der Waals surface area contributed by atoms with Crippen molar-refractivity contribution >= 4 is 22.6 Å². The van der Waals surface area contributed by atoms with Crippen LogP contribution in [0.2, 0.25) is 0 Å². The summed E-state index contributed by atoms with van der Waals surface area (Å²) in [6.45, 7) is 2.16. The van der Waals surface area contributed by atoms with Gasteiger partial charge in [0.1, 0.15) is 5.82 Å². The highest BCUT2D eigenvalue weighted by Gasteiger charge is 2.09. The molecule has 1 aromatic heterocycles. The van der Waals surface area contributed by atoms with Crippen LogP contribution in [0.4, 0.5) is 0 Å². The van der Waals surface area contributed by atoms with Gasteiger partial charge in [0.2, 0.25) is 0 Å². The normalized spacial score (nSPS) is 11.6. The molecule has 0 bridgehead atoms. The molecule has 0 saturated carbocycles. The zero-order valence-electron chi connectivity index (χ0n) is 11.8. The Balaban J connectivity index is 2.12. The molecular formula is C15H22ClN3. The number of alkyl halides is 1. The minimum absolute atomic E-state index is 0.626. The number of nitrogens with zero attached hydrogens (tertiary/aromatic N) is 3. The zero-order valence-corrected chi connectivity index (χ0v) is 12.5. The standard InChI is InChI=1S/C15H22ClN3/c1-18(2)11-5-6-12-19-14-8-4-3-7-13(14)17-15(19)9-10-16/h3-4,7-8H,5-6,9-12H2,1-2H3. The molecule has 0 aliphatic heterocycles. The molecule has 0 unspecified atom stereocenters. The quantitative estimate of drug-likeness (QED) is 0.573. The van der Waals surface area contributed by atoms with E-state index in [1.165, 1.54) is 18.4 Å². The molecule has 3 nitrogen and oxygen atoms in total. The number of hydrogen-bond acceptors (Lipinski definition) is 2. The monoisotopic (exact) mass is 279 g/mol. The van der Waals surface area contributed by atoms with Crippen LogP contribution in [0.5, 0.6) is 0 Å². The molecule has 0 aliphatic carbocycles. The number of para-hydroxylation sites is 2. The van der Waals surface area contributed by atoms with Crippen molar-refractivity contribution in [2.75, 3.05) is 26.5 Å². The second-order valence-corrected chi connectivity index (χ2v) is 5.50. The average Bonchev–Trinajstić information content (AvgIpc) is 2.73. The van der Waals surface area contributed by atoms with Crippen LogP contribution in [0.3, 0.4) is 0 Å². The molecular weight excluding hydrogens is 258 g/mol. The Kier molecular flexibility index (Phi) is 5.23. The van der Waals surface area contributed by atoms with Crippen molar-refractivity contribution in [3.63, 3.8) is 0 Å². The Morgan fingerprint density at radius 1 is 1.21 bits per heavy atom. The third-order valence-corrected chi connectivity index (χ3v) is 3.48. The third kappa shape index (κ3) is 3.71. The summed E-state index contributed by atoms with van der Waals surface area (Å²) in [6, 6.07) is 8.33. The lowest BCUT2D eigenvalue weighted by molar-refractivity contribution is 0.387. The number of fused-ring (bicyclic) bond motifs is 1. The minimum atomic E-state index is 0.626. The Morgan fingerprint density at radius 3 is 2.74 bits per heavy atom. The van der Waals surface area contributed by atoms with Crippen molar-refractivity contribution in [2.24, 2.45) is 0 Å². The predicted octanol–water partition coefficient (Wildman–Crippen LogP) is 3.16. The summed E-state index contributed by atoms with van der Waals surface area (Å²) >= 11 is 5.88. The van der Waals surface area contributed by atoms with Crippen molar-refractivity contribution in [2.45, 2.75) is 25.8 Å². The maximum Gasteiger partial charge on any atom is 0.111 e. The van der Waals surface area contributed by atoms with Crippen molar-refractivity contribution in [3.05, 3.63) is 30.1 Å². The largest absolute Gasteiger partial charge is 0.328 e. The van der Waals surface area contributed by atoms with Gasteiger partial charge in [0.05, 0.1) is 11.0 Å². The van der Waals surface area contributed by atoms with Gasteiger partial charge in [0, 0.05) is 18.8 Å². The number of halogens is 1. The number of aryl methyl sites for hydroxylation is 2. The van der Waals surface area contributed by atoms with E-state index in [-0.39, 0.29) is 0 Å². The summed E-state index contributed by atoms with van der Waals surface area (Å²) in [5.74, 6) is 1.74. The van der Waals surface area contributed by atoms with E-state index in [0.29, 0.717) is 5.88 Å². The zero-order chi connectivity index (χ0) is 13.7. The van der Waals surface area contributed by atoms with Gasteiger partial charge < -0.3 is 9.47 Å². The molecule has 0 spiro atoms. The van der Waals surface area contributed by atoms with E-state index in [2.05, 4.69) is 46.7 Å². The fourth-order valence-corrected chi connectivity index (χ4v) is 2.52.